The van der Waals surface area contributed by atoms with Crippen LogP contribution in [0.4, 0.5) is 17.6 Å². The highest BCUT2D eigenvalue weighted by molar-refractivity contribution is 5.93. The van der Waals surface area contributed by atoms with E-state index in [1.807, 2.05) is 30.9 Å². The third-order valence-corrected chi connectivity index (χ3v) is 4.78. The largest absolute Gasteiger partial charge is 0.337 e. The molecule has 148 valence electrons. The van der Waals surface area contributed by atoms with E-state index < -0.39 is 0 Å². The van der Waals surface area contributed by atoms with Crippen molar-refractivity contribution in [1.29, 1.82) is 0 Å². The van der Waals surface area contributed by atoms with E-state index in [0.717, 1.165) is 5.69 Å². The number of carbonyl (C=O) groups is 1. The minimum Gasteiger partial charge on any atom is -0.337 e. The average Bonchev–Trinajstić information content (AvgIpc) is 2.74. The molecule has 2 aromatic heterocycles. The van der Waals surface area contributed by atoms with Crippen LogP contribution in [0.5, 0.6) is 0 Å². The Bertz CT molecular complexity index is 963. The number of hydrogen-bond acceptors (Lipinski definition) is 7. The van der Waals surface area contributed by atoms with Crippen LogP contribution in [0.15, 0.2) is 49.1 Å². The number of nitrogens with one attached hydrogen (secondary N) is 1. The Morgan fingerprint density at radius 1 is 0.897 bits per heavy atom. The standard InChI is InChI=1S/C21H23N7O/c1-15-10-16(2)12-18(11-15)26-20-24-13-17(14-25-20)19(29)27-6-8-28(9-7-27)21-22-4-3-5-23-21/h3-5,10-14H,6-9H2,1-2H3,(H,24,25,26). The number of carbonyl (C=O) groups excluding carboxylic acids is 1. The zero-order chi connectivity index (χ0) is 20.2. The molecule has 3 heterocycles. The number of amides is 1. The van der Waals surface area contributed by atoms with Gasteiger partial charge in [-0.3, -0.25) is 4.79 Å². The zero-order valence-electron chi connectivity index (χ0n) is 16.5. The predicted octanol–water partition coefficient (Wildman–Crippen LogP) is 2.59. The van der Waals surface area contributed by atoms with Crippen molar-refractivity contribution in [1.82, 2.24) is 24.8 Å². The Balaban J connectivity index is 1.37. The molecule has 1 N–H and O–H groups in total. The van der Waals surface area contributed by atoms with Crippen molar-refractivity contribution in [3.05, 3.63) is 65.7 Å². The number of piperazine rings is 1. The summed E-state index contributed by atoms with van der Waals surface area (Å²) < 4.78 is 0. The van der Waals surface area contributed by atoms with E-state index in [0.29, 0.717) is 43.6 Å². The van der Waals surface area contributed by atoms with Gasteiger partial charge < -0.3 is 15.1 Å². The number of aromatic nitrogens is 4. The fraction of sp³-hybridized carbons (Fsp3) is 0.286. The van der Waals surface area contributed by atoms with Crippen LogP contribution in [0.1, 0.15) is 21.5 Å². The van der Waals surface area contributed by atoms with Crippen molar-refractivity contribution in [3.63, 3.8) is 0 Å². The van der Waals surface area contributed by atoms with E-state index >= 15 is 0 Å². The van der Waals surface area contributed by atoms with E-state index in [9.17, 15) is 4.79 Å². The molecule has 4 rings (SSSR count). The van der Waals surface area contributed by atoms with Crippen LogP contribution in [0.2, 0.25) is 0 Å². The number of hydrogen-bond donors (Lipinski definition) is 1. The van der Waals surface area contributed by atoms with Gasteiger partial charge in [-0.05, 0) is 43.2 Å². The van der Waals surface area contributed by atoms with Crippen molar-refractivity contribution >= 4 is 23.5 Å². The van der Waals surface area contributed by atoms with Crippen LogP contribution in [0.25, 0.3) is 0 Å². The molecule has 0 spiro atoms. The van der Waals surface area contributed by atoms with Gasteiger partial charge in [0.2, 0.25) is 11.9 Å². The Labute approximate surface area is 169 Å². The molecule has 0 bridgehead atoms. The molecule has 29 heavy (non-hydrogen) atoms. The minimum atomic E-state index is -0.0587. The fourth-order valence-corrected chi connectivity index (χ4v) is 3.43. The SMILES string of the molecule is Cc1cc(C)cc(Nc2ncc(C(=O)N3CCN(c4ncccn4)CC3)cn2)c1. The molecule has 0 radical (unpaired) electrons. The Morgan fingerprint density at radius 3 is 2.14 bits per heavy atom. The summed E-state index contributed by atoms with van der Waals surface area (Å²) in [6, 6.07) is 7.97. The molecule has 1 saturated heterocycles. The van der Waals surface area contributed by atoms with E-state index in [1.54, 1.807) is 30.9 Å². The van der Waals surface area contributed by atoms with E-state index in [2.05, 4.69) is 36.2 Å². The first-order valence-corrected chi connectivity index (χ1v) is 9.57. The summed E-state index contributed by atoms with van der Waals surface area (Å²) in [5.41, 5.74) is 3.75. The summed E-state index contributed by atoms with van der Waals surface area (Å²) >= 11 is 0. The second kappa shape index (κ2) is 8.22. The first kappa shape index (κ1) is 18.8. The van der Waals surface area contributed by atoms with Gasteiger partial charge in [-0.1, -0.05) is 6.07 Å². The predicted molar refractivity (Wildman–Crippen MR) is 111 cm³/mol. The highest BCUT2D eigenvalue weighted by atomic mass is 16.2. The second-order valence-electron chi connectivity index (χ2n) is 7.12. The van der Waals surface area contributed by atoms with Gasteiger partial charge in [0, 0.05) is 56.7 Å². The monoisotopic (exact) mass is 389 g/mol. The lowest BCUT2D eigenvalue weighted by Crippen LogP contribution is -2.49. The minimum absolute atomic E-state index is 0.0587. The number of nitrogens with zero attached hydrogens (tertiary/aromatic N) is 6. The van der Waals surface area contributed by atoms with Crippen molar-refractivity contribution < 1.29 is 4.79 Å². The zero-order valence-corrected chi connectivity index (χ0v) is 16.5. The van der Waals surface area contributed by atoms with Gasteiger partial charge in [0.05, 0.1) is 5.56 Å². The average molecular weight is 389 g/mol. The second-order valence-corrected chi connectivity index (χ2v) is 7.12. The van der Waals surface area contributed by atoms with Gasteiger partial charge in [0.1, 0.15) is 0 Å². The number of benzene rings is 1. The molecule has 1 fully saturated rings. The smallest absolute Gasteiger partial charge is 0.257 e. The maximum absolute atomic E-state index is 12.8. The maximum atomic E-state index is 12.8. The van der Waals surface area contributed by atoms with E-state index in [-0.39, 0.29) is 5.91 Å². The first-order valence-electron chi connectivity index (χ1n) is 9.57. The van der Waals surface area contributed by atoms with Crippen LogP contribution >= 0.6 is 0 Å². The molecule has 1 aromatic carbocycles. The number of anilines is 3. The van der Waals surface area contributed by atoms with Crippen molar-refractivity contribution in [2.45, 2.75) is 13.8 Å². The van der Waals surface area contributed by atoms with E-state index in [1.165, 1.54) is 11.1 Å². The topological polar surface area (TPSA) is 87.1 Å². The van der Waals surface area contributed by atoms with Gasteiger partial charge in [-0.15, -0.1) is 0 Å². The molecular formula is C21H23N7O. The quantitative estimate of drug-likeness (QED) is 0.734. The van der Waals surface area contributed by atoms with Crippen molar-refractivity contribution in [2.24, 2.45) is 0 Å². The summed E-state index contributed by atoms with van der Waals surface area (Å²) in [6.45, 7) is 6.71. The highest BCUT2D eigenvalue weighted by Crippen LogP contribution is 2.18. The molecule has 1 aliphatic rings. The van der Waals surface area contributed by atoms with Gasteiger partial charge in [0.25, 0.3) is 5.91 Å². The maximum Gasteiger partial charge on any atom is 0.257 e. The Kier molecular flexibility index (Phi) is 5.33. The molecule has 8 nitrogen and oxygen atoms in total. The molecule has 1 amide bonds. The fourth-order valence-electron chi connectivity index (χ4n) is 3.43. The molecule has 1 aliphatic heterocycles. The summed E-state index contributed by atoms with van der Waals surface area (Å²) in [5, 5.41) is 3.19. The highest BCUT2D eigenvalue weighted by Gasteiger charge is 2.23. The summed E-state index contributed by atoms with van der Waals surface area (Å²) in [4.78, 5) is 33.8. The van der Waals surface area contributed by atoms with E-state index in [4.69, 9.17) is 0 Å². The van der Waals surface area contributed by atoms with Gasteiger partial charge in [-0.2, -0.15) is 0 Å². The van der Waals surface area contributed by atoms with Gasteiger partial charge in [-0.25, -0.2) is 19.9 Å². The molecule has 0 aliphatic carbocycles. The molecule has 0 atom stereocenters. The summed E-state index contributed by atoms with van der Waals surface area (Å²) in [7, 11) is 0. The molecule has 0 unspecified atom stereocenters. The lowest BCUT2D eigenvalue weighted by Gasteiger charge is -2.34. The van der Waals surface area contributed by atoms with Crippen LogP contribution in [-0.2, 0) is 0 Å². The van der Waals surface area contributed by atoms with Crippen molar-refractivity contribution in [2.75, 3.05) is 36.4 Å². The Hall–Kier alpha value is -3.55. The van der Waals surface area contributed by atoms with Crippen LogP contribution in [-0.4, -0.2) is 56.9 Å². The van der Waals surface area contributed by atoms with Crippen LogP contribution in [0.3, 0.4) is 0 Å². The van der Waals surface area contributed by atoms with Gasteiger partial charge >= 0.3 is 0 Å². The molecular weight excluding hydrogens is 366 g/mol. The summed E-state index contributed by atoms with van der Waals surface area (Å²) in [5.74, 6) is 1.11. The Morgan fingerprint density at radius 2 is 1.52 bits per heavy atom. The van der Waals surface area contributed by atoms with Crippen molar-refractivity contribution in [3.8, 4) is 0 Å². The molecule has 0 saturated carbocycles. The van der Waals surface area contributed by atoms with Crippen LogP contribution in [0, 0.1) is 13.8 Å². The normalized spacial score (nSPS) is 14.0. The number of aryl methyl sites for hydroxylation is 2. The molecule has 8 heteroatoms. The number of rotatable bonds is 4. The van der Waals surface area contributed by atoms with Crippen LogP contribution < -0.4 is 10.2 Å². The summed E-state index contributed by atoms with van der Waals surface area (Å²) in [6.07, 6.45) is 6.61. The third-order valence-electron chi connectivity index (χ3n) is 4.78. The lowest BCUT2D eigenvalue weighted by atomic mass is 10.1. The first-order chi connectivity index (χ1) is 14.1. The lowest BCUT2D eigenvalue weighted by molar-refractivity contribution is 0.0745. The molecule has 3 aromatic rings. The van der Waals surface area contributed by atoms with Gasteiger partial charge in [0.15, 0.2) is 0 Å². The third kappa shape index (κ3) is 4.48.